The summed E-state index contributed by atoms with van der Waals surface area (Å²) in [6.45, 7) is 5.50. The fourth-order valence-corrected chi connectivity index (χ4v) is 4.36. The molecule has 4 aromatic heterocycles. The van der Waals surface area contributed by atoms with Crippen molar-refractivity contribution >= 4 is 33.9 Å². The lowest BCUT2D eigenvalue weighted by Crippen LogP contribution is -2.36. The van der Waals surface area contributed by atoms with Crippen molar-refractivity contribution < 1.29 is 4.74 Å². The van der Waals surface area contributed by atoms with Crippen molar-refractivity contribution in [1.29, 1.82) is 0 Å². The molecule has 6 rings (SSSR count). The molecule has 0 bridgehead atoms. The zero-order valence-corrected chi connectivity index (χ0v) is 18.3. The summed E-state index contributed by atoms with van der Waals surface area (Å²) < 4.78 is 7.56. The molecule has 0 amide bonds. The van der Waals surface area contributed by atoms with E-state index >= 15 is 0 Å². The number of imidazole rings is 1. The van der Waals surface area contributed by atoms with Crippen LogP contribution < -0.4 is 10.2 Å². The lowest BCUT2D eigenvalue weighted by Gasteiger charge is -2.28. The number of aromatic amines is 1. The van der Waals surface area contributed by atoms with Crippen molar-refractivity contribution in [2.75, 3.05) is 36.5 Å². The molecule has 0 radical (unpaired) electrons. The highest BCUT2D eigenvalue weighted by Gasteiger charge is 2.17. The number of fused-ring (bicyclic) bond motifs is 2. The molecular weight excluding hydrogens is 416 g/mol. The maximum Gasteiger partial charge on any atom is 0.180 e. The van der Waals surface area contributed by atoms with E-state index in [2.05, 4.69) is 66.0 Å². The van der Waals surface area contributed by atoms with Crippen LogP contribution in [-0.2, 0) is 11.2 Å². The highest BCUT2D eigenvalue weighted by Crippen LogP contribution is 2.30. The van der Waals surface area contributed by atoms with Gasteiger partial charge in [0.2, 0.25) is 0 Å². The Labute approximate surface area is 190 Å². The van der Waals surface area contributed by atoms with Crippen LogP contribution >= 0.6 is 0 Å². The number of nitrogens with one attached hydrogen (secondary N) is 2. The molecule has 1 aliphatic rings. The number of aromatic nitrogens is 6. The number of aryl methyl sites for hydroxylation is 1. The number of pyridine rings is 1. The van der Waals surface area contributed by atoms with Gasteiger partial charge in [-0.05, 0) is 36.8 Å². The van der Waals surface area contributed by atoms with Gasteiger partial charge in [0.05, 0.1) is 36.3 Å². The third-order valence-corrected chi connectivity index (χ3v) is 6.05. The largest absolute Gasteiger partial charge is 0.378 e. The first-order valence-corrected chi connectivity index (χ1v) is 11.2. The number of anilines is 3. The molecule has 33 heavy (non-hydrogen) atoms. The predicted molar refractivity (Wildman–Crippen MR) is 128 cm³/mol. The molecule has 1 saturated heterocycles. The monoisotopic (exact) mass is 440 g/mol. The molecule has 9 heteroatoms. The molecule has 0 saturated carbocycles. The molecule has 0 atom stereocenters. The second-order valence-corrected chi connectivity index (χ2v) is 8.03. The summed E-state index contributed by atoms with van der Waals surface area (Å²) in [6.07, 6.45) is 8.17. The third kappa shape index (κ3) is 3.56. The Bertz CT molecular complexity index is 1420. The van der Waals surface area contributed by atoms with E-state index < -0.39 is 0 Å². The zero-order chi connectivity index (χ0) is 22.2. The van der Waals surface area contributed by atoms with Gasteiger partial charge in [-0.2, -0.15) is 5.10 Å². The minimum Gasteiger partial charge on any atom is -0.378 e. The second-order valence-electron chi connectivity index (χ2n) is 8.03. The number of hydrogen-bond donors (Lipinski definition) is 2. The molecule has 9 nitrogen and oxygen atoms in total. The summed E-state index contributed by atoms with van der Waals surface area (Å²) in [5.41, 5.74) is 7.56. The summed E-state index contributed by atoms with van der Waals surface area (Å²) in [6, 6.07) is 10.5. The highest BCUT2D eigenvalue weighted by molar-refractivity contribution is 5.81. The van der Waals surface area contributed by atoms with Gasteiger partial charge in [0.25, 0.3) is 0 Å². The minimum atomic E-state index is 0.705. The van der Waals surface area contributed by atoms with E-state index in [9.17, 15) is 0 Å². The first-order chi connectivity index (χ1) is 16.3. The summed E-state index contributed by atoms with van der Waals surface area (Å²) in [5, 5.41) is 10.6. The highest BCUT2D eigenvalue weighted by atomic mass is 16.5. The lowest BCUT2D eigenvalue weighted by molar-refractivity contribution is 0.122. The van der Waals surface area contributed by atoms with E-state index in [1.807, 2.05) is 24.7 Å². The topological polar surface area (TPSA) is 96.3 Å². The molecule has 2 N–H and O–H groups in total. The van der Waals surface area contributed by atoms with Crippen LogP contribution in [0.4, 0.5) is 17.2 Å². The van der Waals surface area contributed by atoms with Crippen molar-refractivity contribution in [3.63, 3.8) is 0 Å². The number of hydrogen-bond acceptors (Lipinski definition) is 7. The number of ether oxygens (including phenoxy) is 1. The van der Waals surface area contributed by atoms with Crippen LogP contribution in [0, 0.1) is 0 Å². The van der Waals surface area contributed by atoms with Crippen LogP contribution in [0.2, 0.25) is 0 Å². The van der Waals surface area contributed by atoms with Gasteiger partial charge in [-0.1, -0.05) is 6.92 Å². The van der Waals surface area contributed by atoms with Crippen molar-refractivity contribution in [1.82, 2.24) is 29.5 Å². The maximum absolute atomic E-state index is 5.46. The van der Waals surface area contributed by atoms with Crippen molar-refractivity contribution in [3.05, 3.63) is 60.8 Å². The molecule has 5 heterocycles. The number of morpholine rings is 1. The predicted octanol–water partition coefficient (Wildman–Crippen LogP) is 3.81. The Morgan fingerprint density at radius 1 is 1.09 bits per heavy atom. The molecule has 1 fully saturated rings. The fourth-order valence-electron chi connectivity index (χ4n) is 4.36. The van der Waals surface area contributed by atoms with Crippen molar-refractivity contribution in [2.24, 2.45) is 0 Å². The fraction of sp³-hybridized carbons (Fsp3) is 0.250. The van der Waals surface area contributed by atoms with E-state index in [1.165, 1.54) is 5.69 Å². The Hall–Kier alpha value is -3.98. The lowest BCUT2D eigenvalue weighted by atomic mass is 10.1. The van der Waals surface area contributed by atoms with Crippen LogP contribution in [0.1, 0.15) is 12.6 Å². The van der Waals surface area contributed by atoms with E-state index in [1.54, 1.807) is 6.20 Å². The van der Waals surface area contributed by atoms with E-state index in [0.29, 0.717) is 5.82 Å². The molecule has 0 spiro atoms. The average molecular weight is 441 g/mol. The minimum absolute atomic E-state index is 0.705. The van der Waals surface area contributed by atoms with Crippen LogP contribution in [0.5, 0.6) is 0 Å². The van der Waals surface area contributed by atoms with Crippen LogP contribution in [0.3, 0.4) is 0 Å². The molecule has 0 aliphatic carbocycles. The van der Waals surface area contributed by atoms with Crippen LogP contribution in [-0.4, -0.2) is 55.9 Å². The van der Waals surface area contributed by atoms with Gasteiger partial charge < -0.3 is 15.0 Å². The zero-order valence-electron chi connectivity index (χ0n) is 18.3. The van der Waals surface area contributed by atoms with E-state index in [-0.39, 0.29) is 0 Å². The molecule has 1 aromatic carbocycles. The summed E-state index contributed by atoms with van der Waals surface area (Å²) in [7, 11) is 0. The van der Waals surface area contributed by atoms with Crippen LogP contribution in [0.25, 0.3) is 27.9 Å². The maximum atomic E-state index is 5.46. The molecular formula is C24H24N8O. The Balaban J connectivity index is 1.39. The molecule has 166 valence electrons. The van der Waals surface area contributed by atoms with Crippen molar-refractivity contribution in [2.45, 2.75) is 13.3 Å². The van der Waals surface area contributed by atoms with Crippen molar-refractivity contribution in [3.8, 4) is 11.3 Å². The summed E-state index contributed by atoms with van der Waals surface area (Å²) in [4.78, 5) is 16.5. The van der Waals surface area contributed by atoms with Gasteiger partial charge in [-0.25, -0.2) is 9.97 Å². The number of rotatable bonds is 5. The van der Waals surface area contributed by atoms with Gasteiger partial charge in [0.1, 0.15) is 5.52 Å². The molecule has 0 unspecified atom stereocenters. The second kappa shape index (κ2) is 8.18. The number of benzene rings is 1. The van der Waals surface area contributed by atoms with Gasteiger partial charge in [-0.15, -0.1) is 0 Å². The quantitative estimate of drug-likeness (QED) is 0.429. The van der Waals surface area contributed by atoms with Gasteiger partial charge >= 0.3 is 0 Å². The normalized spacial score (nSPS) is 14.3. The smallest absolute Gasteiger partial charge is 0.180 e. The Kier molecular flexibility index (Phi) is 4.88. The first kappa shape index (κ1) is 19.7. The number of nitrogens with zero attached hydrogens (tertiary/aromatic N) is 6. The Morgan fingerprint density at radius 2 is 1.94 bits per heavy atom. The van der Waals surface area contributed by atoms with Crippen LogP contribution in [0.15, 0.2) is 55.1 Å². The summed E-state index contributed by atoms with van der Waals surface area (Å²) >= 11 is 0. The van der Waals surface area contributed by atoms with Gasteiger partial charge in [0, 0.05) is 48.6 Å². The number of H-pyrrole nitrogens is 1. The van der Waals surface area contributed by atoms with Gasteiger partial charge in [-0.3, -0.25) is 14.5 Å². The summed E-state index contributed by atoms with van der Waals surface area (Å²) in [5.74, 6) is 0.705. The third-order valence-electron chi connectivity index (χ3n) is 6.05. The average Bonchev–Trinajstić information content (AvgIpc) is 3.54. The van der Waals surface area contributed by atoms with E-state index in [0.717, 1.165) is 72.0 Å². The molecule has 1 aliphatic heterocycles. The first-order valence-electron chi connectivity index (χ1n) is 11.2. The SMILES string of the molecule is CCc1c(-c2cnc3cn[nH]c3c2)nc(Nc2ccc(N3CCOCC3)cc2)c2nccn12. The van der Waals surface area contributed by atoms with E-state index in [4.69, 9.17) is 9.72 Å². The molecule has 5 aromatic rings. The van der Waals surface area contributed by atoms with Gasteiger partial charge in [0.15, 0.2) is 11.5 Å². The standard InChI is InChI=1S/C24H24N8O/c1-2-21-22(16-13-19-20(26-14-16)15-27-30-19)29-23(24-25-7-8-32(21)24)28-17-3-5-18(6-4-17)31-9-11-33-12-10-31/h3-8,13-15H,2,9-12H2,1H3,(H,27,30)(H,28,29). The Morgan fingerprint density at radius 3 is 2.76 bits per heavy atom.